The summed E-state index contributed by atoms with van der Waals surface area (Å²) in [7, 11) is 3.96. The van der Waals surface area contributed by atoms with E-state index in [0.717, 1.165) is 17.7 Å². The van der Waals surface area contributed by atoms with Crippen LogP contribution in [-0.2, 0) is 6.42 Å². The van der Waals surface area contributed by atoms with Gasteiger partial charge in [0, 0.05) is 17.8 Å². The van der Waals surface area contributed by atoms with Crippen LogP contribution in [-0.4, -0.2) is 25.5 Å². The number of para-hydroxylation sites is 1. The van der Waals surface area contributed by atoms with Crippen molar-refractivity contribution < 1.29 is 4.39 Å². The topological polar surface area (TPSA) is 81.3 Å². The van der Waals surface area contributed by atoms with Crippen LogP contribution in [0, 0.1) is 5.82 Å². The Kier molecular flexibility index (Phi) is 4.33. The normalized spacial score (nSPS) is 11.0. The van der Waals surface area contributed by atoms with Gasteiger partial charge in [0.2, 0.25) is 0 Å². The molecule has 0 aromatic heterocycles. The molecular weight excluding hydrogens is 267 g/mol. The van der Waals surface area contributed by atoms with Crippen LogP contribution >= 0.6 is 0 Å². The molecule has 2 rings (SSSR count). The van der Waals surface area contributed by atoms with Crippen LogP contribution in [0.15, 0.2) is 30.3 Å². The molecular formula is C16H21FN4. The Morgan fingerprint density at radius 2 is 1.71 bits per heavy atom. The third kappa shape index (κ3) is 3.25. The van der Waals surface area contributed by atoms with E-state index >= 15 is 0 Å². The van der Waals surface area contributed by atoms with Gasteiger partial charge < -0.3 is 22.1 Å². The summed E-state index contributed by atoms with van der Waals surface area (Å²) in [4.78, 5) is 2.05. The fourth-order valence-electron chi connectivity index (χ4n) is 2.33. The lowest BCUT2D eigenvalue weighted by molar-refractivity contribution is 0.414. The number of nitrogens with zero attached hydrogens (tertiary/aromatic N) is 1. The van der Waals surface area contributed by atoms with Gasteiger partial charge in [-0.25, -0.2) is 4.39 Å². The smallest absolute Gasteiger partial charge is 0.125 e. The number of hydrogen-bond donors (Lipinski definition) is 3. The molecule has 0 aliphatic heterocycles. The van der Waals surface area contributed by atoms with Gasteiger partial charge in [0.05, 0.1) is 11.4 Å². The van der Waals surface area contributed by atoms with Crippen molar-refractivity contribution in [3.8, 4) is 11.1 Å². The van der Waals surface area contributed by atoms with E-state index in [2.05, 4.69) is 4.90 Å². The third-order valence-electron chi connectivity index (χ3n) is 3.49. The summed E-state index contributed by atoms with van der Waals surface area (Å²) < 4.78 is 13.8. The van der Waals surface area contributed by atoms with Crippen LogP contribution < -0.4 is 17.2 Å². The molecule has 0 unspecified atom stereocenters. The summed E-state index contributed by atoms with van der Waals surface area (Å²) >= 11 is 0. The number of rotatable bonds is 4. The van der Waals surface area contributed by atoms with Gasteiger partial charge in [0.15, 0.2) is 0 Å². The maximum Gasteiger partial charge on any atom is 0.125 e. The van der Waals surface area contributed by atoms with E-state index in [1.165, 1.54) is 12.1 Å². The van der Waals surface area contributed by atoms with E-state index in [0.29, 0.717) is 29.0 Å². The molecule has 0 saturated carbocycles. The molecule has 4 nitrogen and oxygen atoms in total. The minimum absolute atomic E-state index is 0.377. The molecule has 0 heterocycles. The fourth-order valence-corrected chi connectivity index (χ4v) is 2.33. The molecule has 0 saturated heterocycles. The van der Waals surface area contributed by atoms with Crippen LogP contribution in [0.2, 0.25) is 0 Å². The van der Waals surface area contributed by atoms with Crippen molar-refractivity contribution >= 4 is 17.1 Å². The molecule has 0 amide bonds. The number of likely N-dealkylation sites (N-methyl/N-ethyl adjacent to an activating group) is 1. The standard InChI is InChI=1S/C16H21FN4/c1-21(2)7-6-11-13(8-10(17)9-15(11)19)12-4-3-5-14(18)16(12)20/h3-5,8-9H,6-7,18-20H2,1-2H3. The molecule has 112 valence electrons. The van der Waals surface area contributed by atoms with E-state index in [4.69, 9.17) is 17.2 Å². The molecule has 0 fully saturated rings. The molecule has 0 aliphatic carbocycles. The molecule has 2 aromatic carbocycles. The Hall–Kier alpha value is -2.27. The number of nitrogens with two attached hydrogens (primary N) is 3. The molecule has 6 N–H and O–H groups in total. The first kappa shape index (κ1) is 15.1. The molecule has 0 radical (unpaired) electrons. The average molecular weight is 288 g/mol. The highest BCUT2D eigenvalue weighted by molar-refractivity contribution is 5.87. The van der Waals surface area contributed by atoms with Crippen molar-refractivity contribution in [1.82, 2.24) is 4.90 Å². The molecule has 5 heteroatoms. The Bertz CT molecular complexity index is 653. The Balaban J connectivity index is 2.58. The van der Waals surface area contributed by atoms with E-state index in [-0.39, 0.29) is 5.82 Å². The van der Waals surface area contributed by atoms with E-state index in [9.17, 15) is 4.39 Å². The molecule has 21 heavy (non-hydrogen) atoms. The minimum atomic E-state index is -0.377. The Morgan fingerprint density at radius 3 is 2.38 bits per heavy atom. The lowest BCUT2D eigenvalue weighted by Crippen LogP contribution is -2.16. The first-order valence-electron chi connectivity index (χ1n) is 6.77. The van der Waals surface area contributed by atoms with Crippen molar-refractivity contribution in [3.63, 3.8) is 0 Å². The average Bonchev–Trinajstić information content (AvgIpc) is 2.40. The first-order valence-corrected chi connectivity index (χ1v) is 6.77. The zero-order chi connectivity index (χ0) is 15.6. The van der Waals surface area contributed by atoms with Gasteiger partial charge in [0.25, 0.3) is 0 Å². The number of halogens is 1. The summed E-state index contributed by atoms with van der Waals surface area (Å²) in [5, 5.41) is 0. The van der Waals surface area contributed by atoms with Gasteiger partial charge in [-0.3, -0.25) is 0 Å². The van der Waals surface area contributed by atoms with Gasteiger partial charge in [-0.2, -0.15) is 0 Å². The zero-order valence-electron chi connectivity index (χ0n) is 12.4. The second-order valence-electron chi connectivity index (χ2n) is 5.38. The van der Waals surface area contributed by atoms with Crippen molar-refractivity contribution in [1.29, 1.82) is 0 Å². The summed E-state index contributed by atoms with van der Waals surface area (Å²) in [5.74, 6) is -0.377. The van der Waals surface area contributed by atoms with E-state index in [1.807, 2.05) is 20.2 Å². The van der Waals surface area contributed by atoms with Gasteiger partial charge in [0.1, 0.15) is 5.82 Å². The minimum Gasteiger partial charge on any atom is -0.398 e. The van der Waals surface area contributed by atoms with Gasteiger partial charge >= 0.3 is 0 Å². The van der Waals surface area contributed by atoms with Crippen LogP contribution in [0.3, 0.4) is 0 Å². The Morgan fingerprint density at radius 1 is 1.00 bits per heavy atom. The van der Waals surface area contributed by atoms with Crippen LogP contribution in [0.4, 0.5) is 21.5 Å². The fraction of sp³-hybridized carbons (Fsp3) is 0.250. The SMILES string of the molecule is CN(C)CCc1c(N)cc(F)cc1-c1cccc(N)c1N. The highest BCUT2D eigenvalue weighted by atomic mass is 19.1. The predicted molar refractivity (Wildman–Crippen MR) is 87.3 cm³/mol. The van der Waals surface area contributed by atoms with Crippen LogP contribution in [0.1, 0.15) is 5.56 Å². The van der Waals surface area contributed by atoms with Crippen molar-refractivity contribution in [2.75, 3.05) is 37.8 Å². The van der Waals surface area contributed by atoms with Crippen LogP contribution in [0.5, 0.6) is 0 Å². The summed E-state index contributed by atoms with van der Waals surface area (Å²) in [5.41, 5.74) is 21.6. The third-order valence-corrected chi connectivity index (χ3v) is 3.49. The maximum atomic E-state index is 13.8. The van der Waals surface area contributed by atoms with Crippen molar-refractivity contribution in [3.05, 3.63) is 41.7 Å². The second-order valence-corrected chi connectivity index (χ2v) is 5.38. The molecule has 0 atom stereocenters. The zero-order valence-corrected chi connectivity index (χ0v) is 12.4. The van der Waals surface area contributed by atoms with Gasteiger partial charge in [-0.1, -0.05) is 12.1 Å². The van der Waals surface area contributed by atoms with E-state index in [1.54, 1.807) is 12.1 Å². The summed E-state index contributed by atoms with van der Waals surface area (Å²) in [6.45, 7) is 0.811. The molecule has 2 aromatic rings. The Labute approximate surface area is 124 Å². The predicted octanol–water partition coefficient (Wildman–Crippen LogP) is 2.34. The number of benzene rings is 2. The second kappa shape index (κ2) is 6.01. The van der Waals surface area contributed by atoms with Crippen molar-refractivity contribution in [2.45, 2.75) is 6.42 Å². The largest absolute Gasteiger partial charge is 0.398 e. The maximum absolute atomic E-state index is 13.8. The lowest BCUT2D eigenvalue weighted by Gasteiger charge is -2.17. The van der Waals surface area contributed by atoms with Crippen molar-refractivity contribution in [2.24, 2.45) is 0 Å². The van der Waals surface area contributed by atoms with Crippen LogP contribution in [0.25, 0.3) is 11.1 Å². The first-order chi connectivity index (χ1) is 9.90. The number of anilines is 3. The molecule has 0 bridgehead atoms. The molecule has 0 spiro atoms. The number of nitrogen functional groups attached to an aromatic ring is 3. The quantitative estimate of drug-likeness (QED) is 0.754. The molecule has 0 aliphatic rings. The van der Waals surface area contributed by atoms with Gasteiger partial charge in [-0.05, 0) is 49.8 Å². The highest BCUT2D eigenvalue weighted by Gasteiger charge is 2.14. The number of hydrogen-bond acceptors (Lipinski definition) is 4. The lowest BCUT2D eigenvalue weighted by atomic mass is 9.94. The monoisotopic (exact) mass is 288 g/mol. The van der Waals surface area contributed by atoms with Gasteiger partial charge in [-0.15, -0.1) is 0 Å². The van der Waals surface area contributed by atoms with E-state index < -0.39 is 0 Å². The highest BCUT2D eigenvalue weighted by Crippen LogP contribution is 2.35. The summed E-state index contributed by atoms with van der Waals surface area (Å²) in [6, 6.07) is 8.17. The summed E-state index contributed by atoms with van der Waals surface area (Å²) in [6.07, 6.45) is 0.711.